The number of hydrogen-bond acceptors (Lipinski definition) is 2. The van der Waals surface area contributed by atoms with Gasteiger partial charge in [0.05, 0.1) is 5.41 Å². The lowest BCUT2D eigenvalue weighted by atomic mass is 9.84. The van der Waals surface area contributed by atoms with Crippen molar-refractivity contribution < 1.29 is 23.4 Å². The first kappa shape index (κ1) is 13.4. The summed E-state index contributed by atoms with van der Waals surface area (Å²) in [5, 5.41) is 9.05. The fourth-order valence-corrected chi connectivity index (χ4v) is 1.34. The molecule has 0 atom stereocenters. The highest BCUT2D eigenvalue weighted by molar-refractivity contribution is 5.80. The molecule has 0 aliphatic carbocycles. The number of carboxylic acids is 1. The van der Waals surface area contributed by atoms with Gasteiger partial charge in [-0.3, -0.25) is 4.79 Å². The van der Waals surface area contributed by atoms with Gasteiger partial charge in [-0.25, -0.2) is 0 Å². The molecule has 1 N–H and O–H groups in total. The van der Waals surface area contributed by atoms with E-state index in [0.29, 0.717) is 11.1 Å². The SMILES string of the molecule is Cc1ccc(C(C)(C)C(=O)O)cc1OC(F)F. The number of aryl methyl sites for hydroxylation is 1. The Balaban J connectivity index is 3.16. The molecule has 0 unspecified atom stereocenters. The summed E-state index contributed by atoms with van der Waals surface area (Å²) in [5.41, 5.74) is -0.185. The molecule has 0 aliphatic heterocycles. The topological polar surface area (TPSA) is 46.5 Å². The molecule has 0 fully saturated rings. The molecule has 0 aliphatic rings. The normalized spacial score (nSPS) is 11.6. The van der Waals surface area contributed by atoms with Crippen LogP contribution in [0.25, 0.3) is 0 Å². The van der Waals surface area contributed by atoms with E-state index in [2.05, 4.69) is 4.74 Å². The van der Waals surface area contributed by atoms with Crippen molar-refractivity contribution >= 4 is 5.97 Å². The second kappa shape index (κ2) is 4.69. The minimum Gasteiger partial charge on any atom is -0.481 e. The average Bonchev–Trinajstić information content (AvgIpc) is 2.20. The predicted octanol–water partition coefficient (Wildman–Crippen LogP) is 2.96. The summed E-state index contributed by atoms with van der Waals surface area (Å²) in [5.74, 6) is -1.02. The highest BCUT2D eigenvalue weighted by Crippen LogP contribution is 2.29. The maximum atomic E-state index is 12.1. The minimum atomic E-state index is -2.92. The van der Waals surface area contributed by atoms with Crippen LogP contribution in [0, 0.1) is 6.92 Å². The zero-order chi connectivity index (χ0) is 13.2. The third-order valence-electron chi connectivity index (χ3n) is 2.66. The smallest absolute Gasteiger partial charge is 0.387 e. The van der Waals surface area contributed by atoms with E-state index in [9.17, 15) is 13.6 Å². The Morgan fingerprint density at radius 1 is 1.41 bits per heavy atom. The van der Waals surface area contributed by atoms with Crippen molar-refractivity contribution in [1.82, 2.24) is 0 Å². The number of rotatable bonds is 4. The van der Waals surface area contributed by atoms with Crippen molar-refractivity contribution in [3.05, 3.63) is 29.3 Å². The van der Waals surface area contributed by atoms with E-state index in [1.807, 2.05) is 0 Å². The molecule has 0 aromatic heterocycles. The van der Waals surface area contributed by atoms with Gasteiger partial charge >= 0.3 is 12.6 Å². The first-order valence-electron chi connectivity index (χ1n) is 5.04. The summed E-state index contributed by atoms with van der Waals surface area (Å²) >= 11 is 0. The van der Waals surface area contributed by atoms with Crippen LogP contribution in [0.3, 0.4) is 0 Å². The standard InChI is InChI=1S/C12H14F2O3/c1-7-4-5-8(12(2,3)10(15)16)6-9(7)17-11(13)14/h4-6,11H,1-3H3,(H,15,16). The summed E-state index contributed by atoms with van der Waals surface area (Å²) in [7, 11) is 0. The zero-order valence-corrected chi connectivity index (χ0v) is 9.83. The molecule has 0 saturated carbocycles. The van der Waals surface area contributed by atoms with Gasteiger partial charge in [0.1, 0.15) is 5.75 Å². The number of alkyl halides is 2. The van der Waals surface area contributed by atoms with Gasteiger partial charge in [-0.1, -0.05) is 12.1 Å². The fourth-order valence-electron chi connectivity index (χ4n) is 1.34. The monoisotopic (exact) mass is 244 g/mol. The van der Waals surface area contributed by atoms with Crippen LogP contribution in [0.1, 0.15) is 25.0 Å². The van der Waals surface area contributed by atoms with E-state index in [0.717, 1.165) is 0 Å². The summed E-state index contributed by atoms with van der Waals surface area (Å²) in [6.45, 7) is 1.71. The lowest BCUT2D eigenvalue weighted by molar-refractivity contribution is -0.142. The van der Waals surface area contributed by atoms with Crippen LogP contribution in [-0.4, -0.2) is 17.7 Å². The average molecular weight is 244 g/mol. The van der Waals surface area contributed by atoms with E-state index < -0.39 is 18.0 Å². The summed E-state index contributed by atoms with van der Waals surface area (Å²) in [6.07, 6.45) is 0. The van der Waals surface area contributed by atoms with Gasteiger partial charge in [0.2, 0.25) is 0 Å². The van der Waals surface area contributed by atoms with E-state index in [1.165, 1.54) is 19.9 Å². The molecule has 1 aromatic carbocycles. The maximum absolute atomic E-state index is 12.1. The lowest BCUT2D eigenvalue weighted by Crippen LogP contribution is -2.28. The third kappa shape index (κ3) is 2.93. The summed E-state index contributed by atoms with van der Waals surface area (Å²) in [4.78, 5) is 11.1. The van der Waals surface area contributed by atoms with Gasteiger partial charge in [0, 0.05) is 0 Å². The second-order valence-electron chi connectivity index (χ2n) is 4.29. The molecule has 5 heteroatoms. The number of hydrogen-bond donors (Lipinski definition) is 1. The van der Waals surface area contributed by atoms with Crippen molar-refractivity contribution in [2.24, 2.45) is 0 Å². The van der Waals surface area contributed by atoms with E-state index in [1.54, 1.807) is 19.1 Å². The van der Waals surface area contributed by atoms with Gasteiger partial charge in [-0.05, 0) is 38.0 Å². The fraction of sp³-hybridized carbons (Fsp3) is 0.417. The van der Waals surface area contributed by atoms with Crippen molar-refractivity contribution in [1.29, 1.82) is 0 Å². The second-order valence-corrected chi connectivity index (χ2v) is 4.29. The Morgan fingerprint density at radius 3 is 2.47 bits per heavy atom. The van der Waals surface area contributed by atoms with Crippen LogP contribution in [0.4, 0.5) is 8.78 Å². The van der Waals surface area contributed by atoms with E-state index >= 15 is 0 Å². The van der Waals surface area contributed by atoms with Gasteiger partial charge in [-0.2, -0.15) is 8.78 Å². The Labute approximate surface area is 98.0 Å². The van der Waals surface area contributed by atoms with Crippen molar-refractivity contribution in [3.63, 3.8) is 0 Å². The maximum Gasteiger partial charge on any atom is 0.387 e. The van der Waals surface area contributed by atoms with Crippen LogP contribution in [0.15, 0.2) is 18.2 Å². The van der Waals surface area contributed by atoms with E-state index in [-0.39, 0.29) is 5.75 Å². The number of aliphatic carboxylic acids is 1. The molecular weight excluding hydrogens is 230 g/mol. The lowest BCUT2D eigenvalue weighted by Gasteiger charge is -2.21. The van der Waals surface area contributed by atoms with Crippen LogP contribution in [-0.2, 0) is 10.2 Å². The molecule has 0 bridgehead atoms. The molecule has 0 amide bonds. The molecule has 0 heterocycles. The van der Waals surface area contributed by atoms with Crippen LogP contribution < -0.4 is 4.74 Å². The number of benzene rings is 1. The van der Waals surface area contributed by atoms with E-state index in [4.69, 9.17) is 5.11 Å². The largest absolute Gasteiger partial charge is 0.481 e. The first-order valence-corrected chi connectivity index (χ1v) is 5.04. The molecule has 94 valence electrons. The summed E-state index contributed by atoms with van der Waals surface area (Å²) in [6, 6.07) is 4.51. The van der Waals surface area contributed by atoms with Gasteiger partial charge in [-0.15, -0.1) is 0 Å². The number of carbonyl (C=O) groups is 1. The number of ether oxygens (including phenoxy) is 1. The van der Waals surface area contributed by atoms with Gasteiger partial charge < -0.3 is 9.84 Å². The number of carboxylic acid groups (broad SMARTS) is 1. The van der Waals surface area contributed by atoms with Crippen LogP contribution in [0.5, 0.6) is 5.75 Å². The molecule has 0 radical (unpaired) electrons. The summed E-state index contributed by atoms with van der Waals surface area (Å²) < 4.78 is 28.6. The van der Waals surface area contributed by atoms with Gasteiger partial charge in [0.25, 0.3) is 0 Å². The molecule has 1 aromatic rings. The molecule has 0 saturated heterocycles. The Hall–Kier alpha value is -1.65. The minimum absolute atomic E-state index is 0.00632. The first-order chi connectivity index (χ1) is 7.75. The number of halogens is 2. The Bertz CT molecular complexity index is 428. The molecule has 1 rings (SSSR count). The Kier molecular flexibility index (Phi) is 3.70. The van der Waals surface area contributed by atoms with Crippen molar-refractivity contribution in [3.8, 4) is 5.75 Å². The quantitative estimate of drug-likeness (QED) is 0.885. The third-order valence-corrected chi connectivity index (χ3v) is 2.66. The highest BCUT2D eigenvalue weighted by atomic mass is 19.3. The van der Waals surface area contributed by atoms with Gasteiger partial charge in [0.15, 0.2) is 0 Å². The predicted molar refractivity (Wildman–Crippen MR) is 58.5 cm³/mol. The zero-order valence-electron chi connectivity index (χ0n) is 9.83. The molecule has 0 spiro atoms. The molecule has 3 nitrogen and oxygen atoms in total. The van der Waals surface area contributed by atoms with Crippen LogP contribution >= 0.6 is 0 Å². The van der Waals surface area contributed by atoms with Crippen molar-refractivity contribution in [2.75, 3.05) is 0 Å². The molecular formula is C12H14F2O3. The Morgan fingerprint density at radius 2 is 2.00 bits per heavy atom. The van der Waals surface area contributed by atoms with Crippen LogP contribution in [0.2, 0.25) is 0 Å². The molecule has 17 heavy (non-hydrogen) atoms. The highest BCUT2D eigenvalue weighted by Gasteiger charge is 2.30. The van der Waals surface area contributed by atoms with Crippen molar-refractivity contribution in [2.45, 2.75) is 32.8 Å².